The normalized spacial score (nSPS) is 20.6. The molecule has 18 heavy (non-hydrogen) atoms. The van der Waals surface area contributed by atoms with Crippen LogP contribution in [0.5, 0.6) is 0 Å². The fraction of sp³-hybridized carbons (Fsp3) is 0.500. The minimum Gasteiger partial charge on any atom is -0.302 e. The first-order chi connectivity index (χ1) is 8.79. The Hall–Kier alpha value is -1.39. The zero-order valence-electron chi connectivity index (χ0n) is 10.6. The summed E-state index contributed by atoms with van der Waals surface area (Å²) in [7, 11) is 0. The molecule has 0 radical (unpaired) electrons. The number of amides is 1. The van der Waals surface area contributed by atoms with Crippen molar-refractivity contribution >= 4 is 5.91 Å². The second kappa shape index (κ2) is 6.52. The zero-order chi connectivity index (χ0) is 12.8. The van der Waals surface area contributed by atoms with Crippen molar-refractivity contribution in [3.8, 4) is 0 Å². The van der Waals surface area contributed by atoms with E-state index < -0.39 is 0 Å². The summed E-state index contributed by atoms with van der Waals surface area (Å²) in [4.78, 5) is 13.9. The highest BCUT2D eigenvalue weighted by molar-refractivity contribution is 5.78. The van der Waals surface area contributed by atoms with Crippen molar-refractivity contribution in [3.05, 3.63) is 35.9 Å². The van der Waals surface area contributed by atoms with Gasteiger partial charge in [-0.05, 0) is 31.4 Å². The van der Waals surface area contributed by atoms with Gasteiger partial charge in [-0.2, -0.15) is 0 Å². The smallest absolute Gasteiger partial charge is 0.238 e. The van der Waals surface area contributed by atoms with Gasteiger partial charge in [0.25, 0.3) is 0 Å². The van der Waals surface area contributed by atoms with Gasteiger partial charge in [0.05, 0.1) is 5.92 Å². The average molecular weight is 247 g/mol. The predicted octanol–water partition coefficient (Wildman–Crippen LogP) is 0.931. The van der Waals surface area contributed by atoms with Crippen molar-refractivity contribution in [1.82, 2.24) is 10.3 Å². The Morgan fingerprint density at radius 3 is 2.89 bits per heavy atom. The first kappa shape index (κ1) is 13.1. The van der Waals surface area contributed by atoms with E-state index in [2.05, 4.69) is 34.6 Å². The third-order valence-corrected chi connectivity index (χ3v) is 3.58. The third kappa shape index (κ3) is 3.55. The highest BCUT2D eigenvalue weighted by atomic mass is 16.2. The average Bonchev–Trinajstić information content (AvgIpc) is 2.45. The highest BCUT2D eigenvalue weighted by Gasteiger charge is 2.24. The summed E-state index contributed by atoms with van der Waals surface area (Å²) >= 11 is 0. The molecule has 1 aliphatic heterocycles. The molecule has 1 aromatic rings. The van der Waals surface area contributed by atoms with Crippen LogP contribution in [0.25, 0.3) is 0 Å². The van der Waals surface area contributed by atoms with E-state index in [1.165, 1.54) is 5.56 Å². The molecule has 98 valence electrons. The van der Waals surface area contributed by atoms with Crippen LogP contribution in [-0.4, -0.2) is 30.4 Å². The molecule has 3 N–H and O–H groups in total. The van der Waals surface area contributed by atoms with Gasteiger partial charge in [0.2, 0.25) is 5.91 Å². The van der Waals surface area contributed by atoms with Crippen LogP contribution in [0.3, 0.4) is 0 Å². The van der Waals surface area contributed by atoms with Gasteiger partial charge in [0, 0.05) is 13.1 Å². The maximum Gasteiger partial charge on any atom is 0.238 e. The minimum atomic E-state index is -0.0283. The number of nitrogens with two attached hydrogens (primary N) is 1. The Morgan fingerprint density at radius 1 is 1.39 bits per heavy atom. The molecule has 0 bridgehead atoms. The number of rotatable bonds is 4. The van der Waals surface area contributed by atoms with Crippen LogP contribution < -0.4 is 11.3 Å². The van der Waals surface area contributed by atoms with E-state index in [9.17, 15) is 4.79 Å². The van der Waals surface area contributed by atoms with Gasteiger partial charge < -0.3 is 4.90 Å². The molecule has 4 nitrogen and oxygen atoms in total. The summed E-state index contributed by atoms with van der Waals surface area (Å²) in [6.45, 7) is 2.93. The number of hydrogen-bond donors (Lipinski definition) is 2. The lowest BCUT2D eigenvalue weighted by Gasteiger charge is -2.31. The fourth-order valence-electron chi connectivity index (χ4n) is 2.52. The predicted molar refractivity (Wildman–Crippen MR) is 71.6 cm³/mol. The van der Waals surface area contributed by atoms with Gasteiger partial charge in [0.15, 0.2) is 0 Å². The molecule has 1 fully saturated rings. The lowest BCUT2D eigenvalue weighted by molar-refractivity contribution is -0.126. The van der Waals surface area contributed by atoms with Crippen LogP contribution >= 0.6 is 0 Å². The second-order valence-electron chi connectivity index (χ2n) is 4.88. The summed E-state index contributed by atoms with van der Waals surface area (Å²) in [5, 5.41) is 0. The van der Waals surface area contributed by atoms with E-state index in [-0.39, 0.29) is 11.8 Å². The van der Waals surface area contributed by atoms with Gasteiger partial charge in [0.1, 0.15) is 0 Å². The number of nitrogens with zero attached hydrogens (tertiary/aromatic N) is 1. The van der Waals surface area contributed by atoms with E-state index in [1.807, 2.05) is 6.07 Å². The number of piperidine rings is 1. The van der Waals surface area contributed by atoms with Crippen LogP contribution in [0.4, 0.5) is 0 Å². The molecule has 0 unspecified atom stereocenters. The summed E-state index contributed by atoms with van der Waals surface area (Å²) < 4.78 is 0. The minimum absolute atomic E-state index is 0.0283. The van der Waals surface area contributed by atoms with E-state index in [0.29, 0.717) is 0 Å². The van der Waals surface area contributed by atoms with Crippen molar-refractivity contribution in [2.45, 2.75) is 19.3 Å². The van der Waals surface area contributed by atoms with Crippen molar-refractivity contribution in [2.75, 3.05) is 19.6 Å². The first-order valence-electron chi connectivity index (χ1n) is 6.56. The fourth-order valence-corrected chi connectivity index (χ4v) is 2.52. The van der Waals surface area contributed by atoms with E-state index in [4.69, 9.17) is 5.84 Å². The number of nitrogens with one attached hydrogen (secondary N) is 1. The summed E-state index contributed by atoms with van der Waals surface area (Å²) in [5.74, 6) is 5.22. The number of carbonyl (C=O) groups is 1. The number of likely N-dealkylation sites (tertiary alicyclic amines) is 1. The monoisotopic (exact) mass is 247 g/mol. The quantitative estimate of drug-likeness (QED) is 0.473. The zero-order valence-corrected chi connectivity index (χ0v) is 10.6. The van der Waals surface area contributed by atoms with Crippen LogP contribution in [0, 0.1) is 5.92 Å². The Morgan fingerprint density at radius 2 is 2.17 bits per heavy atom. The first-order valence-corrected chi connectivity index (χ1v) is 6.56. The number of hydrazine groups is 1. The molecular weight excluding hydrogens is 226 g/mol. The summed E-state index contributed by atoms with van der Waals surface area (Å²) in [5.41, 5.74) is 3.61. The van der Waals surface area contributed by atoms with Crippen molar-refractivity contribution in [1.29, 1.82) is 0 Å². The molecule has 1 amide bonds. The summed E-state index contributed by atoms with van der Waals surface area (Å²) in [6, 6.07) is 10.5. The Kier molecular flexibility index (Phi) is 4.73. The van der Waals surface area contributed by atoms with Crippen LogP contribution in [0.1, 0.15) is 18.4 Å². The lowest BCUT2D eigenvalue weighted by atomic mass is 9.97. The molecule has 4 heteroatoms. The van der Waals surface area contributed by atoms with Crippen LogP contribution in [0.2, 0.25) is 0 Å². The molecule has 0 aliphatic carbocycles. The van der Waals surface area contributed by atoms with Crippen LogP contribution in [-0.2, 0) is 11.2 Å². The van der Waals surface area contributed by atoms with Gasteiger partial charge in [-0.25, -0.2) is 5.84 Å². The van der Waals surface area contributed by atoms with Gasteiger partial charge in [-0.1, -0.05) is 30.3 Å². The van der Waals surface area contributed by atoms with Crippen molar-refractivity contribution < 1.29 is 4.79 Å². The molecule has 0 spiro atoms. The molecule has 1 aromatic carbocycles. The number of carbonyl (C=O) groups excluding carboxylic acids is 1. The molecule has 1 atom stereocenters. The molecular formula is C14H21N3O. The second-order valence-corrected chi connectivity index (χ2v) is 4.88. The number of benzene rings is 1. The topological polar surface area (TPSA) is 58.4 Å². The molecule has 1 aliphatic rings. The molecule has 2 rings (SSSR count). The molecule has 1 saturated heterocycles. The summed E-state index contributed by atoms with van der Waals surface area (Å²) in [6.07, 6.45) is 3.07. The van der Waals surface area contributed by atoms with Crippen LogP contribution in [0.15, 0.2) is 30.3 Å². The molecule has 0 saturated carbocycles. The Bertz CT molecular complexity index is 380. The van der Waals surface area contributed by atoms with Crippen molar-refractivity contribution in [3.63, 3.8) is 0 Å². The maximum absolute atomic E-state index is 11.5. The standard InChI is InChI=1S/C14H21N3O/c15-16-14(18)13-7-4-9-17(11-13)10-8-12-5-2-1-3-6-12/h1-3,5-6,13H,4,7-11,15H2,(H,16,18)/t13-/m1/s1. The van der Waals surface area contributed by atoms with Gasteiger partial charge in [-0.15, -0.1) is 0 Å². The van der Waals surface area contributed by atoms with Crippen molar-refractivity contribution in [2.24, 2.45) is 11.8 Å². The van der Waals surface area contributed by atoms with E-state index in [1.54, 1.807) is 0 Å². The van der Waals surface area contributed by atoms with E-state index in [0.717, 1.165) is 38.9 Å². The largest absolute Gasteiger partial charge is 0.302 e. The molecule has 0 aromatic heterocycles. The lowest BCUT2D eigenvalue weighted by Crippen LogP contribution is -2.45. The Labute approximate surface area is 108 Å². The maximum atomic E-state index is 11.5. The molecule has 1 heterocycles. The number of hydrogen-bond acceptors (Lipinski definition) is 3. The van der Waals surface area contributed by atoms with Gasteiger partial charge >= 0.3 is 0 Å². The van der Waals surface area contributed by atoms with E-state index >= 15 is 0 Å². The Balaban J connectivity index is 1.81. The SMILES string of the molecule is NNC(=O)[C@@H]1CCCN(CCc2ccccc2)C1. The third-order valence-electron chi connectivity index (χ3n) is 3.58. The highest BCUT2D eigenvalue weighted by Crippen LogP contribution is 2.16. The van der Waals surface area contributed by atoms with Gasteiger partial charge in [-0.3, -0.25) is 10.2 Å².